The smallest absolute Gasteiger partial charge is 0.123 e. The van der Waals surface area contributed by atoms with Crippen molar-refractivity contribution in [2.45, 2.75) is 25.3 Å². The van der Waals surface area contributed by atoms with Gasteiger partial charge in [0.1, 0.15) is 5.82 Å². The van der Waals surface area contributed by atoms with Crippen molar-refractivity contribution >= 4 is 5.57 Å². The van der Waals surface area contributed by atoms with Crippen LogP contribution in [0.25, 0.3) is 5.57 Å². The number of nitrogens with two attached hydrogens (primary N) is 1. The van der Waals surface area contributed by atoms with Crippen LogP contribution in [-0.4, -0.2) is 6.04 Å². The van der Waals surface area contributed by atoms with Crippen LogP contribution in [0.4, 0.5) is 4.39 Å². The zero-order chi connectivity index (χ0) is 9.97. The van der Waals surface area contributed by atoms with Gasteiger partial charge in [-0.15, -0.1) is 0 Å². The van der Waals surface area contributed by atoms with E-state index in [-0.39, 0.29) is 11.9 Å². The molecule has 2 rings (SSSR count). The first kappa shape index (κ1) is 9.41. The summed E-state index contributed by atoms with van der Waals surface area (Å²) in [5, 5.41) is 0. The van der Waals surface area contributed by atoms with Crippen LogP contribution < -0.4 is 5.73 Å². The quantitative estimate of drug-likeness (QED) is 0.725. The number of rotatable bonds is 1. The van der Waals surface area contributed by atoms with Crippen molar-refractivity contribution in [1.29, 1.82) is 0 Å². The summed E-state index contributed by atoms with van der Waals surface area (Å²) in [5.74, 6) is -0.178. The summed E-state index contributed by atoms with van der Waals surface area (Å²) in [5.41, 5.74) is 7.99. The first-order valence-corrected chi connectivity index (χ1v) is 4.98. The van der Waals surface area contributed by atoms with Gasteiger partial charge in [-0.25, -0.2) is 4.39 Å². The van der Waals surface area contributed by atoms with Crippen molar-refractivity contribution in [2.75, 3.05) is 0 Å². The van der Waals surface area contributed by atoms with E-state index in [4.69, 9.17) is 5.73 Å². The van der Waals surface area contributed by atoms with Gasteiger partial charge in [0.15, 0.2) is 0 Å². The molecule has 0 fully saturated rings. The standard InChI is InChI=1S/C12H14FN/c13-11-5-1-3-9(7-11)10-4-2-6-12(14)8-10/h1,3,5,7-8,12H,2,4,6,14H2. The topological polar surface area (TPSA) is 26.0 Å². The molecule has 0 aromatic heterocycles. The molecule has 2 N–H and O–H groups in total. The fourth-order valence-electron chi connectivity index (χ4n) is 1.88. The third kappa shape index (κ3) is 2.02. The second-order valence-electron chi connectivity index (χ2n) is 3.76. The second-order valence-corrected chi connectivity index (χ2v) is 3.76. The van der Waals surface area contributed by atoms with E-state index < -0.39 is 0 Å². The highest BCUT2D eigenvalue weighted by molar-refractivity contribution is 5.66. The highest BCUT2D eigenvalue weighted by Crippen LogP contribution is 2.26. The Hall–Kier alpha value is -1.15. The molecule has 1 aromatic carbocycles. The SMILES string of the molecule is NC1C=C(c2cccc(F)c2)CCC1. The molecule has 0 saturated carbocycles. The Morgan fingerprint density at radius 2 is 2.21 bits per heavy atom. The molecule has 0 radical (unpaired) electrons. The van der Waals surface area contributed by atoms with Crippen LogP contribution in [0.1, 0.15) is 24.8 Å². The lowest BCUT2D eigenvalue weighted by atomic mass is 9.91. The number of hydrogen-bond acceptors (Lipinski definition) is 1. The van der Waals surface area contributed by atoms with Gasteiger partial charge < -0.3 is 5.73 Å². The molecule has 0 bridgehead atoms. The minimum Gasteiger partial charge on any atom is -0.324 e. The molecular formula is C12H14FN. The number of allylic oxidation sites excluding steroid dienone is 1. The van der Waals surface area contributed by atoms with E-state index in [1.807, 2.05) is 6.07 Å². The Balaban J connectivity index is 2.30. The number of hydrogen-bond donors (Lipinski definition) is 1. The Kier molecular flexibility index (Phi) is 2.64. The van der Waals surface area contributed by atoms with E-state index in [1.165, 1.54) is 11.6 Å². The molecule has 1 aliphatic rings. The average Bonchev–Trinajstić information content (AvgIpc) is 2.18. The Bertz CT molecular complexity index is 357. The highest BCUT2D eigenvalue weighted by atomic mass is 19.1. The minimum atomic E-state index is -0.178. The van der Waals surface area contributed by atoms with E-state index in [2.05, 4.69) is 6.08 Å². The first-order chi connectivity index (χ1) is 6.75. The molecular weight excluding hydrogens is 177 g/mol. The van der Waals surface area contributed by atoms with Crippen LogP contribution in [0, 0.1) is 5.82 Å². The Morgan fingerprint density at radius 1 is 1.36 bits per heavy atom. The molecule has 14 heavy (non-hydrogen) atoms. The third-order valence-corrected chi connectivity index (χ3v) is 2.59. The first-order valence-electron chi connectivity index (χ1n) is 4.98. The van der Waals surface area contributed by atoms with Crippen LogP contribution in [0.5, 0.6) is 0 Å². The van der Waals surface area contributed by atoms with Crippen LogP contribution in [0.2, 0.25) is 0 Å². The lowest BCUT2D eigenvalue weighted by molar-refractivity contribution is 0.625. The van der Waals surface area contributed by atoms with Gasteiger partial charge in [-0.2, -0.15) is 0 Å². The minimum absolute atomic E-state index is 0.141. The third-order valence-electron chi connectivity index (χ3n) is 2.59. The van der Waals surface area contributed by atoms with Crippen molar-refractivity contribution in [1.82, 2.24) is 0 Å². The molecule has 1 aromatic rings. The van der Waals surface area contributed by atoms with E-state index in [0.29, 0.717) is 0 Å². The van der Waals surface area contributed by atoms with Gasteiger partial charge in [0.2, 0.25) is 0 Å². The molecule has 74 valence electrons. The summed E-state index contributed by atoms with van der Waals surface area (Å²) in [6.07, 6.45) is 5.21. The van der Waals surface area contributed by atoms with Crippen LogP contribution in [0.15, 0.2) is 30.3 Å². The lowest BCUT2D eigenvalue weighted by Crippen LogP contribution is -2.19. The fourth-order valence-corrected chi connectivity index (χ4v) is 1.88. The Morgan fingerprint density at radius 3 is 2.93 bits per heavy atom. The van der Waals surface area contributed by atoms with Crippen molar-refractivity contribution in [3.63, 3.8) is 0 Å². The molecule has 0 aliphatic heterocycles. The fraction of sp³-hybridized carbons (Fsp3) is 0.333. The van der Waals surface area contributed by atoms with Gasteiger partial charge >= 0.3 is 0 Å². The molecule has 0 spiro atoms. The summed E-state index contributed by atoms with van der Waals surface area (Å²) in [6.45, 7) is 0. The maximum atomic E-state index is 13.0. The molecule has 0 saturated heterocycles. The van der Waals surface area contributed by atoms with Crippen LogP contribution >= 0.6 is 0 Å². The largest absolute Gasteiger partial charge is 0.324 e. The van der Waals surface area contributed by atoms with Gasteiger partial charge in [-0.1, -0.05) is 18.2 Å². The van der Waals surface area contributed by atoms with Crippen molar-refractivity contribution in [2.24, 2.45) is 5.73 Å². The molecule has 1 unspecified atom stereocenters. The molecule has 0 amide bonds. The summed E-state index contributed by atoms with van der Waals surface area (Å²) < 4.78 is 13.0. The normalized spacial score (nSPS) is 21.9. The monoisotopic (exact) mass is 191 g/mol. The summed E-state index contributed by atoms with van der Waals surface area (Å²) in [4.78, 5) is 0. The zero-order valence-electron chi connectivity index (χ0n) is 8.04. The lowest BCUT2D eigenvalue weighted by Gasteiger charge is -2.17. The molecule has 0 heterocycles. The average molecular weight is 191 g/mol. The maximum Gasteiger partial charge on any atom is 0.123 e. The highest BCUT2D eigenvalue weighted by Gasteiger charge is 2.11. The van der Waals surface area contributed by atoms with Gasteiger partial charge in [0.25, 0.3) is 0 Å². The van der Waals surface area contributed by atoms with Crippen molar-refractivity contribution in [3.05, 3.63) is 41.7 Å². The Labute approximate surface area is 83.4 Å². The predicted octanol–water partition coefficient (Wildman–Crippen LogP) is 2.72. The summed E-state index contributed by atoms with van der Waals surface area (Å²) in [7, 11) is 0. The van der Waals surface area contributed by atoms with E-state index in [9.17, 15) is 4.39 Å². The van der Waals surface area contributed by atoms with Crippen LogP contribution in [0.3, 0.4) is 0 Å². The van der Waals surface area contributed by atoms with Gasteiger partial charge in [-0.3, -0.25) is 0 Å². The predicted molar refractivity (Wildman–Crippen MR) is 56.2 cm³/mol. The molecule has 2 heteroatoms. The van der Waals surface area contributed by atoms with Gasteiger partial charge in [-0.05, 0) is 42.5 Å². The van der Waals surface area contributed by atoms with Crippen molar-refractivity contribution in [3.8, 4) is 0 Å². The van der Waals surface area contributed by atoms with Gasteiger partial charge in [0.05, 0.1) is 0 Å². The summed E-state index contributed by atoms with van der Waals surface area (Å²) >= 11 is 0. The van der Waals surface area contributed by atoms with E-state index >= 15 is 0 Å². The number of benzene rings is 1. The second kappa shape index (κ2) is 3.93. The van der Waals surface area contributed by atoms with Crippen molar-refractivity contribution < 1.29 is 4.39 Å². The van der Waals surface area contributed by atoms with Gasteiger partial charge in [0, 0.05) is 6.04 Å². The molecule has 1 aliphatic carbocycles. The molecule has 1 nitrogen and oxygen atoms in total. The molecule has 1 atom stereocenters. The summed E-state index contributed by atoms with van der Waals surface area (Å²) in [6, 6.07) is 6.86. The maximum absolute atomic E-state index is 13.0. The number of halogens is 1. The van der Waals surface area contributed by atoms with Crippen LogP contribution in [-0.2, 0) is 0 Å². The van der Waals surface area contributed by atoms with E-state index in [1.54, 1.807) is 12.1 Å². The van der Waals surface area contributed by atoms with E-state index in [0.717, 1.165) is 24.8 Å². The zero-order valence-corrected chi connectivity index (χ0v) is 8.04.